The first kappa shape index (κ1) is 10.9. The largest absolute Gasteiger partial charge is 0.365 e. The molecule has 0 aromatic carbocycles. The fourth-order valence-electron chi connectivity index (χ4n) is 2.46. The van der Waals surface area contributed by atoms with Crippen molar-refractivity contribution in [2.45, 2.75) is 32.2 Å². The third-order valence-corrected chi connectivity index (χ3v) is 3.39. The zero-order valence-corrected chi connectivity index (χ0v) is 9.15. The van der Waals surface area contributed by atoms with Crippen molar-refractivity contribution < 1.29 is 9.90 Å². The average molecular weight is 213 g/mol. The molecule has 15 heavy (non-hydrogen) atoms. The van der Waals surface area contributed by atoms with E-state index in [-0.39, 0.29) is 5.91 Å². The van der Waals surface area contributed by atoms with E-state index < -0.39 is 6.35 Å². The first-order chi connectivity index (χ1) is 7.18. The summed E-state index contributed by atoms with van der Waals surface area (Å²) in [6.45, 7) is 5.03. The molecule has 1 unspecified atom stereocenters. The van der Waals surface area contributed by atoms with Crippen LogP contribution in [-0.4, -0.2) is 59.4 Å². The quantitative estimate of drug-likeness (QED) is 0.597. The van der Waals surface area contributed by atoms with E-state index >= 15 is 0 Å². The van der Waals surface area contributed by atoms with Crippen LogP contribution in [0.1, 0.15) is 19.8 Å². The average Bonchev–Trinajstić information content (AvgIpc) is 2.65. The second kappa shape index (κ2) is 4.47. The number of likely N-dealkylation sites (tertiary alicyclic amines) is 1. The van der Waals surface area contributed by atoms with Crippen LogP contribution in [0.4, 0.5) is 0 Å². The summed E-state index contributed by atoms with van der Waals surface area (Å²) < 4.78 is 0. The first-order valence-electron chi connectivity index (χ1n) is 5.61. The van der Waals surface area contributed by atoms with Gasteiger partial charge in [0.15, 0.2) is 6.35 Å². The van der Waals surface area contributed by atoms with Crippen molar-refractivity contribution in [3.8, 4) is 0 Å². The Labute approximate surface area is 90.0 Å². The second-order valence-corrected chi connectivity index (χ2v) is 4.30. The molecule has 0 saturated carbocycles. The number of nitrogens with zero attached hydrogens (tertiary/aromatic N) is 2. The number of nitrogens with one attached hydrogen (secondary N) is 1. The van der Waals surface area contributed by atoms with E-state index in [1.54, 1.807) is 6.92 Å². The number of amides is 1. The molecule has 0 radical (unpaired) electrons. The molecule has 0 aromatic rings. The molecule has 2 rings (SSSR count). The summed E-state index contributed by atoms with van der Waals surface area (Å²) in [5, 5.41) is 12.7. The maximum absolute atomic E-state index is 11.1. The Kier molecular flexibility index (Phi) is 3.23. The highest BCUT2D eigenvalue weighted by molar-refractivity contribution is 5.73. The molecule has 5 heteroatoms. The molecule has 0 bridgehead atoms. The maximum atomic E-state index is 11.1. The molecule has 2 heterocycles. The highest BCUT2D eigenvalue weighted by atomic mass is 16.3. The highest BCUT2D eigenvalue weighted by Gasteiger charge is 2.31. The molecule has 0 aromatic heterocycles. The summed E-state index contributed by atoms with van der Waals surface area (Å²) in [4.78, 5) is 15.1. The molecule has 0 aliphatic carbocycles. The standard InChI is InChI=1S/C10H19N3O2/c1-8(14)12-5-2-9(3-6-12)13-7-4-11-10(13)15/h9-11,15H,2-7H2,1H3. The van der Waals surface area contributed by atoms with Gasteiger partial charge in [-0.2, -0.15) is 0 Å². The smallest absolute Gasteiger partial charge is 0.219 e. The van der Waals surface area contributed by atoms with Crippen LogP contribution in [0.3, 0.4) is 0 Å². The second-order valence-electron chi connectivity index (χ2n) is 4.30. The summed E-state index contributed by atoms with van der Waals surface area (Å²) in [6, 6.07) is 0.422. The van der Waals surface area contributed by atoms with Crippen LogP contribution in [0.2, 0.25) is 0 Å². The Morgan fingerprint density at radius 3 is 2.47 bits per heavy atom. The molecule has 2 fully saturated rings. The monoisotopic (exact) mass is 213 g/mol. The van der Waals surface area contributed by atoms with Gasteiger partial charge in [0.05, 0.1) is 0 Å². The minimum absolute atomic E-state index is 0.161. The van der Waals surface area contributed by atoms with E-state index in [1.807, 2.05) is 4.90 Å². The fraction of sp³-hybridized carbons (Fsp3) is 0.900. The van der Waals surface area contributed by atoms with E-state index in [0.717, 1.165) is 39.0 Å². The van der Waals surface area contributed by atoms with Crippen molar-refractivity contribution in [3.05, 3.63) is 0 Å². The third-order valence-electron chi connectivity index (χ3n) is 3.39. The molecule has 0 spiro atoms. The van der Waals surface area contributed by atoms with Crippen molar-refractivity contribution >= 4 is 5.91 Å². The Bertz CT molecular complexity index is 239. The summed E-state index contributed by atoms with van der Waals surface area (Å²) in [5.41, 5.74) is 0. The number of aliphatic hydroxyl groups is 1. The Morgan fingerprint density at radius 2 is 2.00 bits per heavy atom. The number of hydrogen-bond donors (Lipinski definition) is 2. The van der Waals surface area contributed by atoms with Crippen molar-refractivity contribution in [2.75, 3.05) is 26.2 Å². The van der Waals surface area contributed by atoms with Gasteiger partial charge in [0.2, 0.25) is 5.91 Å². The third kappa shape index (κ3) is 2.30. The molecule has 1 atom stereocenters. The molecule has 2 saturated heterocycles. The van der Waals surface area contributed by atoms with Crippen molar-refractivity contribution in [1.82, 2.24) is 15.1 Å². The zero-order valence-electron chi connectivity index (χ0n) is 9.15. The Balaban J connectivity index is 1.85. The molecule has 5 nitrogen and oxygen atoms in total. The van der Waals surface area contributed by atoms with Gasteiger partial charge in [-0.1, -0.05) is 0 Å². The fourth-order valence-corrected chi connectivity index (χ4v) is 2.46. The number of rotatable bonds is 1. The summed E-state index contributed by atoms with van der Waals surface area (Å²) >= 11 is 0. The van der Waals surface area contributed by atoms with E-state index in [1.165, 1.54) is 0 Å². The predicted molar refractivity (Wildman–Crippen MR) is 56.0 cm³/mol. The van der Waals surface area contributed by atoms with E-state index in [2.05, 4.69) is 10.2 Å². The van der Waals surface area contributed by atoms with Crippen LogP contribution in [0.15, 0.2) is 0 Å². The van der Waals surface area contributed by atoms with Crippen molar-refractivity contribution in [2.24, 2.45) is 0 Å². The molecule has 1 amide bonds. The van der Waals surface area contributed by atoms with Crippen molar-refractivity contribution in [3.63, 3.8) is 0 Å². The minimum atomic E-state index is -0.487. The van der Waals surface area contributed by atoms with Gasteiger partial charge < -0.3 is 10.0 Å². The van der Waals surface area contributed by atoms with Gasteiger partial charge in [0, 0.05) is 39.1 Å². The number of hydrogen-bond acceptors (Lipinski definition) is 4. The topological polar surface area (TPSA) is 55.8 Å². The first-order valence-corrected chi connectivity index (χ1v) is 5.61. The maximum Gasteiger partial charge on any atom is 0.219 e. The normalized spacial score (nSPS) is 29.7. The van der Waals surface area contributed by atoms with Gasteiger partial charge in [-0.25, -0.2) is 0 Å². The SMILES string of the molecule is CC(=O)N1CCC(N2CCNC2O)CC1. The lowest BCUT2D eigenvalue weighted by Crippen LogP contribution is -2.49. The van der Waals surface area contributed by atoms with Gasteiger partial charge in [0.1, 0.15) is 0 Å². The van der Waals surface area contributed by atoms with Gasteiger partial charge >= 0.3 is 0 Å². The summed E-state index contributed by atoms with van der Waals surface area (Å²) in [5.74, 6) is 0.161. The van der Waals surface area contributed by atoms with Crippen LogP contribution in [0.25, 0.3) is 0 Å². The molecular formula is C10H19N3O2. The number of carbonyl (C=O) groups excluding carboxylic acids is 1. The Morgan fingerprint density at radius 1 is 1.33 bits per heavy atom. The lowest BCUT2D eigenvalue weighted by molar-refractivity contribution is -0.130. The van der Waals surface area contributed by atoms with Crippen LogP contribution in [-0.2, 0) is 4.79 Å². The number of carbonyl (C=O) groups is 1. The number of aliphatic hydroxyl groups excluding tert-OH is 1. The predicted octanol–water partition coefficient (Wildman–Crippen LogP) is -0.822. The lowest BCUT2D eigenvalue weighted by atomic mass is 10.0. The van der Waals surface area contributed by atoms with Crippen LogP contribution >= 0.6 is 0 Å². The van der Waals surface area contributed by atoms with Gasteiger partial charge in [-0.15, -0.1) is 0 Å². The van der Waals surface area contributed by atoms with E-state index in [4.69, 9.17) is 0 Å². The van der Waals surface area contributed by atoms with Gasteiger partial charge in [-0.05, 0) is 12.8 Å². The van der Waals surface area contributed by atoms with E-state index in [9.17, 15) is 9.90 Å². The summed E-state index contributed by atoms with van der Waals surface area (Å²) in [6.07, 6.45) is 1.45. The Hall–Kier alpha value is -0.650. The molecule has 86 valence electrons. The van der Waals surface area contributed by atoms with Gasteiger partial charge in [-0.3, -0.25) is 15.0 Å². The lowest BCUT2D eigenvalue weighted by Gasteiger charge is -2.37. The van der Waals surface area contributed by atoms with E-state index in [0.29, 0.717) is 6.04 Å². The molecule has 2 aliphatic rings. The zero-order chi connectivity index (χ0) is 10.8. The van der Waals surface area contributed by atoms with Crippen LogP contribution < -0.4 is 5.32 Å². The molecule has 2 N–H and O–H groups in total. The summed E-state index contributed by atoms with van der Waals surface area (Å²) in [7, 11) is 0. The van der Waals surface area contributed by atoms with Crippen LogP contribution in [0.5, 0.6) is 0 Å². The van der Waals surface area contributed by atoms with Crippen LogP contribution in [0, 0.1) is 0 Å². The number of piperidine rings is 1. The molecule has 2 aliphatic heterocycles. The highest BCUT2D eigenvalue weighted by Crippen LogP contribution is 2.19. The van der Waals surface area contributed by atoms with Gasteiger partial charge in [0.25, 0.3) is 0 Å². The minimum Gasteiger partial charge on any atom is -0.365 e. The van der Waals surface area contributed by atoms with Crippen molar-refractivity contribution in [1.29, 1.82) is 0 Å². The molecular weight excluding hydrogens is 194 g/mol.